The molecule has 23 heavy (non-hydrogen) atoms. The molecule has 1 N–H and O–H groups in total. The van der Waals surface area contributed by atoms with Crippen molar-refractivity contribution in [1.82, 2.24) is 0 Å². The van der Waals surface area contributed by atoms with Crippen molar-refractivity contribution in [1.29, 1.82) is 0 Å². The summed E-state index contributed by atoms with van der Waals surface area (Å²) in [7, 11) is 0. The Morgan fingerprint density at radius 1 is 0.913 bits per heavy atom. The van der Waals surface area contributed by atoms with E-state index in [0.29, 0.717) is 5.57 Å². The molecule has 2 rings (SSSR count). The van der Waals surface area contributed by atoms with Gasteiger partial charge in [0.2, 0.25) is 5.82 Å². The van der Waals surface area contributed by atoms with Crippen molar-refractivity contribution in [3.05, 3.63) is 70.1 Å². The van der Waals surface area contributed by atoms with E-state index in [1.165, 1.54) is 6.08 Å². The first-order valence-corrected chi connectivity index (χ1v) is 6.12. The second-order valence-electron chi connectivity index (χ2n) is 4.53. The molecular formula is C15H7F5O3. The Hall–Kier alpha value is -2.77. The van der Waals surface area contributed by atoms with E-state index in [4.69, 9.17) is 5.11 Å². The fourth-order valence-electron chi connectivity index (χ4n) is 1.94. The van der Waals surface area contributed by atoms with E-state index in [-0.39, 0.29) is 12.0 Å². The number of carbonyl (C=O) groups is 2. The number of carboxylic acid groups (broad SMARTS) is 1. The molecule has 0 bridgehead atoms. The molecule has 1 aromatic rings. The lowest BCUT2D eigenvalue weighted by Gasteiger charge is -2.11. The number of carbonyl (C=O) groups excluding carboxylic acids is 1. The van der Waals surface area contributed by atoms with Crippen LogP contribution in [0.5, 0.6) is 0 Å². The third-order valence-corrected chi connectivity index (χ3v) is 3.04. The summed E-state index contributed by atoms with van der Waals surface area (Å²) >= 11 is 0. The zero-order chi connectivity index (χ0) is 17.3. The smallest absolute Gasteiger partial charge is 0.328 e. The minimum Gasteiger partial charge on any atom is -0.478 e. The van der Waals surface area contributed by atoms with Crippen LogP contribution in [0, 0.1) is 29.1 Å². The van der Waals surface area contributed by atoms with E-state index in [1.807, 2.05) is 0 Å². The van der Waals surface area contributed by atoms with Gasteiger partial charge in [0, 0.05) is 11.6 Å². The summed E-state index contributed by atoms with van der Waals surface area (Å²) < 4.78 is 66.3. The first-order chi connectivity index (χ1) is 10.7. The first kappa shape index (κ1) is 16.6. The number of hydrogen-bond donors (Lipinski definition) is 1. The standard InChI is InChI=1S/C15H7F5O3/c16-10-9(11(17)13(19)14(20)12(10)18)15(23)7-3-1-6(2-4-7)5-8(21)22/h1,3-5H,2H2,(H,21,22). The van der Waals surface area contributed by atoms with Crippen LogP contribution >= 0.6 is 0 Å². The van der Waals surface area contributed by atoms with E-state index in [9.17, 15) is 31.5 Å². The van der Waals surface area contributed by atoms with Crippen LogP contribution in [0.25, 0.3) is 0 Å². The minimum absolute atomic E-state index is 0.0424. The number of hydrogen-bond acceptors (Lipinski definition) is 2. The number of carboxylic acids is 1. The summed E-state index contributed by atoms with van der Waals surface area (Å²) in [5, 5.41) is 8.56. The van der Waals surface area contributed by atoms with E-state index < -0.39 is 46.4 Å². The van der Waals surface area contributed by atoms with Crippen molar-refractivity contribution in [2.24, 2.45) is 0 Å². The van der Waals surface area contributed by atoms with Gasteiger partial charge in [-0.05, 0) is 12.0 Å². The third kappa shape index (κ3) is 3.05. The van der Waals surface area contributed by atoms with E-state index in [1.54, 1.807) is 0 Å². The first-order valence-electron chi connectivity index (χ1n) is 6.12. The van der Waals surface area contributed by atoms with Gasteiger partial charge in [-0.3, -0.25) is 4.79 Å². The lowest BCUT2D eigenvalue weighted by Crippen LogP contribution is -2.14. The van der Waals surface area contributed by atoms with Gasteiger partial charge in [0.25, 0.3) is 0 Å². The zero-order valence-corrected chi connectivity index (χ0v) is 11.2. The highest BCUT2D eigenvalue weighted by Gasteiger charge is 2.30. The molecule has 8 heteroatoms. The Morgan fingerprint density at radius 3 is 1.87 bits per heavy atom. The molecule has 0 radical (unpaired) electrons. The van der Waals surface area contributed by atoms with E-state index >= 15 is 0 Å². The van der Waals surface area contributed by atoms with Crippen LogP contribution in [0.4, 0.5) is 22.0 Å². The topological polar surface area (TPSA) is 54.4 Å². The van der Waals surface area contributed by atoms with Crippen LogP contribution < -0.4 is 0 Å². The summed E-state index contributed by atoms with van der Waals surface area (Å²) in [5.41, 5.74) is -1.56. The van der Waals surface area contributed by atoms with Crippen LogP contribution in [-0.4, -0.2) is 16.9 Å². The molecule has 0 amide bonds. The molecule has 120 valence electrons. The number of halogens is 5. The molecule has 0 aromatic heterocycles. The van der Waals surface area contributed by atoms with Gasteiger partial charge in [-0.1, -0.05) is 18.2 Å². The molecule has 0 saturated carbocycles. The van der Waals surface area contributed by atoms with Crippen LogP contribution in [0.2, 0.25) is 0 Å². The predicted molar refractivity (Wildman–Crippen MR) is 68.1 cm³/mol. The molecule has 0 saturated heterocycles. The maximum atomic E-state index is 13.6. The van der Waals surface area contributed by atoms with Gasteiger partial charge in [0.15, 0.2) is 29.1 Å². The number of Topliss-reactive ketones (excluding diaryl/α,β-unsaturated/α-hetero) is 1. The molecule has 0 fully saturated rings. The second-order valence-corrected chi connectivity index (χ2v) is 4.53. The third-order valence-electron chi connectivity index (χ3n) is 3.04. The van der Waals surface area contributed by atoms with Crippen LogP contribution in [0.1, 0.15) is 16.8 Å². The fraction of sp³-hybridized carbons (Fsp3) is 0.0667. The van der Waals surface area contributed by atoms with Crippen LogP contribution in [0.3, 0.4) is 0 Å². The minimum atomic E-state index is -2.35. The van der Waals surface area contributed by atoms with Crippen molar-refractivity contribution in [3.8, 4) is 0 Å². The number of ketones is 1. The SMILES string of the molecule is O=C(O)C=C1C=CC(C(=O)c2c(F)c(F)c(F)c(F)c2F)=CC1. The summed E-state index contributed by atoms with van der Waals surface area (Å²) in [6, 6.07) is 0. The number of allylic oxidation sites excluding steroid dienone is 5. The maximum absolute atomic E-state index is 13.6. The molecule has 0 unspecified atom stereocenters. The van der Waals surface area contributed by atoms with E-state index in [2.05, 4.69) is 0 Å². The summed E-state index contributed by atoms with van der Waals surface area (Å²) in [4.78, 5) is 22.5. The van der Waals surface area contributed by atoms with Crippen molar-refractivity contribution in [2.75, 3.05) is 0 Å². The van der Waals surface area contributed by atoms with Crippen molar-refractivity contribution < 1.29 is 36.6 Å². The number of aliphatic carboxylic acids is 1. The number of rotatable bonds is 3. The second kappa shape index (κ2) is 6.15. The lowest BCUT2D eigenvalue weighted by atomic mass is 9.95. The highest BCUT2D eigenvalue weighted by Crippen LogP contribution is 2.27. The van der Waals surface area contributed by atoms with Gasteiger partial charge in [-0.25, -0.2) is 26.7 Å². The molecule has 0 aliphatic heterocycles. The Morgan fingerprint density at radius 2 is 1.43 bits per heavy atom. The summed E-state index contributed by atoms with van der Waals surface area (Å²) in [6.45, 7) is 0. The molecule has 1 aromatic carbocycles. The highest BCUT2D eigenvalue weighted by molar-refractivity contribution is 6.11. The van der Waals surface area contributed by atoms with Crippen LogP contribution in [0.15, 0.2) is 35.5 Å². The Kier molecular flexibility index (Phi) is 4.44. The van der Waals surface area contributed by atoms with Gasteiger partial charge in [-0.15, -0.1) is 0 Å². The quantitative estimate of drug-likeness (QED) is 0.304. The normalized spacial score (nSPS) is 15.7. The summed E-state index contributed by atoms with van der Waals surface area (Å²) in [5.74, 6) is -13.8. The van der Waals surface area contributed by atoms with Crippen molar-refractivity contribution in [2.45, 2.75) is 6.42 Å². The Balaban J connectivity index is 2.43. The average Bonchev–Trinajstić information content (AvgIpc) is 2.51. The van der Waals surface area contributed by atoms with E-state index in [0.717, 1.165) is 18.2 Å². The molecule has 0 atom stereocenters. The van der Waals surface area contributed by atoms with Gasteiger partial charge in [-0.2, -0.15) is 0 Å². The number of benzene rings is 1. The van der Waals surface area contributed by atoms with Crippen LogP contribution in [-0.2, 0) is 4.79 Å². The summed E-state index contributed by atoms with van der Waals surface area (Å²) in [6.07, 6.45) is 4.19. The predicted octanol–water partition coefficient (Wildman–Crippen LogP) is 3.46. The Labute approximate surface area is 126 Å². The molecule has 0 spiro atoms. The molecule has 1 aliphatic rings. The van der Waals surface area contributed by atoms with Gasteiger partial charge < -0.3 is 5.11 Å². The maximum Gasteiger partial charge on any atom is 0.328 e. The van der Waals surface area contributed by atoms with Crippen molar-refractivity contribution >= 4 is 11.8 Å². The fourth-order valence-corrected chi connectivity index (χ4v) is 1.94. The highest BCUT2D eigenvalue weighted by atomic mass is 19.2. The molecule has 1 aliphatic carbocycles. The molecular weight excluding hydrogens is 323 g/mol. The van der Waals surface area contributed by atoms with Crippen molar-refractivity contribution in [3.63, 3.8) is 0 Å². The van der Waals surface area contributed by atoms with Gasteiger partial charge in [0.1, 0.15) is 5.56 Å². The monoisotopic (exact) mass is 330 g/mol. The average molecular weight is 330 g/mol. The zero-order valence-electron chi connectivity index (χ0n) is 11.2. The molecule has 3 nitrogen and oxygen atoms in total. The largest absolute Gasteiger partial charge is 0.478 e. The lowest BCUT2D eigenvalue weighted by molar-refractivity contribution is -0.131. The molecule has 0 heterocycles. The van der Waals surface area contributed by atoms with Gasteiger partial charge in [0.05, 0.1) is 0 Å². The Bertz CT molecular complexity index is 777. The van der Waals surface area contributed by atoms with Gasteiger partial charge >= 0.3 is 5.97 Å².